The third-order valence-electron chi connectivity index (χ3n) is 2.35. The molecule has 2 nitrogen and oxygen atoms in total. The predicted molar refractivity (Wildman–Crippen MR) is 61.6 cm³/mol. The van der Waals surface area contributed by atoms with Crippen molar-refractivity contribution in [1.82, 2.24) is 9.97 Å². The Labute approximate surface area is 90.0 Å². The van der Waals surface area contributed by atoms with Crippen LogP contribution in [0.25, 0.3) is 11.3 Å². The number of hydrogen-bond acceptors (Lipinski definition) is 2. The molecule has 0 saturated heterocycles. The van der Waals surface area contributed by atoms with Gasteiger partial charge < -0.3 is 0 Å². The molecule has 0 spiro atoms. The topological polar surface area (TPSA) is 25.8 Å². The lowest BCUT2D eigenvalue weighted by molar-refractivity contribution is 0.815. The Kier molecular flexibility index (Phi) is 2.77. The number of benzene rings is 1. The van der Waals surface area contributed by atoms with E-state index in [4.69, 9.17) is 0 Å². The maximum absolute atomic E-state index is 4.28. The SMILES string of the molecule is CC(C)c1cc(-c2ccccc2)ncn1. The number of aromatic nitrogens is 2. The lowest BCUT2D eigenvalue weighted by Crippen LogP contribution is -1.94. The third kappa shape index (κ3) is 2.21. The molecule has 0 radical (unpaired) electrons. The van der Waals surface area contributed by atoms with Crippen LogP contribution in [0.15, 0.2) is 42.7 Å². The van der Waals surface area contributed by atoms with Crippen molar-refractivity contribution in [3.8, 4) is 11.3 Å². The minimum absolute atomic E-state index is 0.440. The predicted octanol–water partition coefficient (Wildman–Crippen LogP) is 3.27. The van der Waals surface area contributed by atoms with Crippen LogP contribution in [0.1, 0.15) is 25.5 Å². The second-order valence-corrected chi connectivity index (χ2v) is 3.85. The molecule has 0 bridgehead atoms. The summed E-state index contributed by atoms with van der Waals surface area (Å²) in [4.78, 5) is 8.53. The Morgan fingerprint density at radius 3 is 2.40 bits per heavy atom. The highest BCUT2D eigenvalue weighted by atomic mass is 14.8. The summed E-state index contributed by atoms with van der Waals surface area (Å²) in [6, 6.07) is 12.2. The molecule has 0 aliphatic carbocycles. The van der Waals surface area contributed by atoms with Gasteiger partial charge in [0.05, 0.1) is 5.69 Å². The smallest absolute Gasteiger partial charge is 0.116 e. The van der Waals surface area contributed by atoms with E-state index in [1.54, 1.807) is 6.33 Å². The van der Waals surface area contributed by atoms with E-state index >= 15 is 0 Å². The highest BCUT2D eigenvalue weighted by molar-refractivity contribution is 5.58. The van der Waals surface area contributed by atoms with Crippen LogP contribution in [0.5, 0.6) is 0 Å². The maximum Gasteiger partial charge on any atom is 0.116 e. The Morgan fingerprint density at radius 1 is 1.00 bits per heavy atom. The lowest BCUT2D eigenvalue weighted by atomic mass is 10.1. The van der Waals surface area contributed by atoms with Gasteiger partial charge in [-0.1, -0.05) is 44.2 Å². The molecule has 0 N–H and O–H groups in total. The zero-order valence-corrected chi connectivity index (χ0v) is 9.01. The zero-order chi connectivity index (χ0) is 10.7. The molecular formula is C13H14N2. The van der Waals surface area contributed by atoms with Gasteiger partial charge in [-0.15, -0.1) is 0 Å². The summed E-state index contributed by atoms with van der Waals surface area (Å²) >= 11 is 0. The fraction of sp³-hybridized carbons (Fsp3) is 0.231. The molecule has 0 aliphatic rings. The van der Waals surface area contributed by atoms with Gasteiger partial charge in [-0.2, -0.15) is 0 Å². The van der Waals surface area contributed by atoms with Gasteiger partial charge in [-0.05, 0) is 12.0 Å². The lowest BCUT2D eigenvalue weighted by Gasteiger charge is -2.05. The average molecular weight is 198 g/mol. The van der Waals surface area contributed by atoms with E-state index in [9.17, 15) is 0 Å². The molecule has 0 aliphatic heterocycles. The number of rotatable bonds is 2. The highest BCUT2D eigenvalue weighted by Crippen LogP contribution is 2.19. The number of nitrogens with zero attached hydrogens (tertiary/aromatic N) is 2. The number of hydrogen-bond donors (Lipinski definition) is 0. The van der Waals surface area contributed by atoms with E-state index in [2.05, 4.69) is 42.0 Å². The standard InChI is InChI=1S/C13H14N2/c1-10(2)12-8-13(15-9-14-12)11-6-4-3-5-7-11/h3-10H,1-2H3. The minimum atomic E-state index is 0.440. The van der Waals surface area contributed by atoms with Crippen molar-refractivity contribution in [2.24, 2.45) is 0 Å². The molecule has 1 heterocycles. The molecular weight excluding hydrogens is 184 g/mol. The van der Waals surface area contributed by atoms with Gasteiger partial charge in [0.1, 0.15) is 6.33 Å². The van der Waals surface area contributed by atoms with Crippen molar-refractivity contribution in [3.05, 3.63) is 48.4 Å². The molecule has 2 heteroatoms. The Bertz CT molecular complexity index is 435. The van der Waals surface area contributed by atoms with Crippen LogP contribution < -0.4 is 0 Å². The second kappa shape index (κ2) is 4.22. The van der Waals surface area contributed by atoms with Gasteiger partial charge in [0.15, 0.2) is 0 Å². The Balaban J connectivity index is 2.42. The van der Waals surface area contributed by atoms with E-state index in [1.807, 2.05) is 18.2 Å². The molecule has 15 heavy (non-hydrogen) atoms. The average Bonchev–Trinajstić information content (AvgIpc) is 2.30. The van der Waals surface area contributed by atoms with Crippen molar-refractivity contribution < 1.29 is 0 Å². The molecule has 76 valence electrons. The summed E-state index contributed by atoms with van der Waals surface area (Å²) in [5.41, 5.74) is 3.22. The van der Waals surface area contributed by atoms with Crippen molar-refractivity contribution in [2.75, 3.05) is 0 Å². The summed E-state index contributed by atoms with van der Waals surface area (Å²) in [7, 11) is 0. The molecule has 2 aromatic rings. The summed E-state index contributed by atoms with van der Waals surface area (Å²) in [6.07, 6.45) is 1.64. The van der Waals surface area contributed by atoms with Crippen LogP contribution in [-0.4, -0.2) is 9.97 Å². The minimum Gasteiger partial charge on any atom is -0.241 e. The molecule has 1 aromatic carbocycles. The largest absolute Gasteiger partial charge is 0.241 e. The van der Waals surface area contributed by atoms with E-state index in [0.29, 0.717) is 5.92 Å². The van der Waals surface area contributed by atoms with Crippen molar-refractivity contribution in [2.45, 2.75) is 19.8 Å². The first-order valence-corrected chi connectivity index (χ1v) is 5.15. The zero-order valence-electron chi connectivity index (χ0n) is 9.01. The molecule has 2 rings (SSSR count). The van der Waals surface area contributed by atoms with Crippen molar-refractivity contribution >= 4 is 0 Å². The molecule has 0 unspecified atom stereocenters. The van der Waals surface area contributed by atoms with Crippen LogP contribution in [0.3, 0.4) is 0 Å². The first-order valence-electron chi connectivity index (χ1n) is 5.15. The maximum atomic E-state index is 4.28. The fourth-order valence-corrected chi connectivity index (χ4v) is 1.45. The van der Waals surface area contributed by atoms with Gasteiger partial charge in [0.25, 0.3) is 0 Å². The van der Waals surface area contributed by atoms with Crippen LogP contribution in [0.2, 0.25) is 0 Å². The van der Waals surface area contributed by atoms with Gasteiger partial charge >= 0.3 is 0 Å². The quantitative estimate of drug-likeness (QED) is 0.740. The Hall–Kier alpha value is -1.70. The van der Waals surface area contributed by atoms with Crippen LogP contribution >= 0.6 is 0 Å². The van der Waals surface area contributed by atoms with Crippen molar-refractivity contribution in [1.29, 1.82) is 0 Å². The molecule has 1 aromatic heterocycles. The van der Waals surface area contributed by atoms with E-state index in [0.717, 1.165) is 17.0 Å². The van der Waals surface area contributed by atoms with Crippen LogP contribution in [-0.2, 0) is 0 Å². The fourth-order valence-electron chi connectivity index (χ4n) is 1.45. The van der Waals surface area contributed by atoms with Crippen LogP contribution in [0, 0.1) is 0 Å². The summed E-state index contributed by atoms with van der Waals surface area (Å²) in [5, 5.41) is 0. The van der Waals surface area contributed by atoms with E-state index in [1.165, 1.54) is 0 Å². The highest BCUT2D eigenvalue weighted by Gasteiger charge is 2.03. The van der Waals surface area contributed by atoms with E-state index in [-0.39, 0.29) is 0 Å². The second-order valence-electron chi connectivity index (χ2n) is 3.85. The molecule has 0 saturated carbocycles. The van der Waals surface area contributed by atoms with E-state index < -0.39 is 0 Å². The summed E-state index contributed by atoms with van der Waals surface area (Å²) in [5.74, 6) is 0.440. The van der Waals surface area contributed by atoms with Gasteiger partial charge in [-0.25, -0.2) is 9.97 Å². The first-order chi connectivity index (χ1) is 7.27. The van der Waals surface area contributed by atoms with Gasteiger partial charge in [-0.3, -0.25) is 0 Å². The summed E-state index contributed by atoms with van der Waals surface area (Å²) < 4.78 is 0. The third-order valence-corrected chi connectivity index (χ3v) is 2.35. The molecule has 0 amide bonds. The first kappa shape index (κ1) is 9.84. The van der Waals surface area contributed by atoms with Gasteiger partial charge in [0.2, 0.25) is 0 Å². The monoisotopic (exact) mass is 198 g/mol. The normalized spacial score (nSPS) is 10.6. The van der Waals surface area contributed by atoms with Gasteiger partial charge in [0, 0.05) is 11.3 Å². The molecule has 0 fully saturated rings. The van der Waals surface area contributed by atoms with Crippen LogP contribution in [0.4, 0.5) is 0 Å². The summed E-state index contributed by atoms with van der Waals surface area (Å²) in [6.45, 7) is 4.27. The van der Waals surface area contributed by atoms with Crippen molar-refractivity contribution in [3.63, 3.8) is 0 Å². The Morgan fingerprint density at radius 2 is 1.73 bits per heavy atom. The molecule has 0 atom stereocenters.